The SMILES string of the molecule is O=C(COc1ccccc1)N1CCC(c2nc(-c3ccsc3)cc(=O)[nH]2)CC1. The molecule has 6 nitrogen and oxygen atoms in total. The molecule has 0 unspecified atom stereocenters. The van der Waals surface area contributed by atoms with Crippen LogP contribution < -0.4 is 10.3 Å². The molecule has 28 heavy (non-hydrogen) atoms. The summed E-state index contributed by atoms with van der Waals surface area (Å²) >= 11 is 1.58. The van der Waals surface area contributed by atoms with E-state index in [0.717, 1.165) is 18.4 Å². The third kappa shape index (κ3) is 4.31. The van der Waals surface area contributed by atoms with E-state index in [0.29, 0.717) is 30.4 Å². The Morgan fingerprint density at radius 1 is 1.21 bits per heavy atom. The number of para-hydroxylation sites is 1. The Hall–Kier alpha value is -2.93. The van der Waals surface area contributed by atoms with E-state index in [-0.39, 0.29) is 24.0 Å². The number of nitrogens with zero attached hydrogens (tertiary/aromatic N) is 2. The lowest BCUT2D eigenvalue weighted by atomic mass is 9.95. The molecule has 0 radical (unpaired) electrons. The minimum atomic E-state index is -0.138. The number of hydrogen-bond acceptors (Lipinski definition) is 5. The number of hydrogen-bond donors (Lipinski definition) is 1. The number of benzene rings is 1. The van der Waals surface area contributed by atoms with Gasteiger partial charge in [0.1, 0.15) is 11.6 Å². The molecule has 0 bridgehead atoms. The van der Waals surface area contributed by atoms with Crippen molar-refractivity contribution in [3.8, 4) is 17.0 Å². The summed E-state index contributed by atoms with van der Waals surface area (Å²) in [6.07, 6.45) is 1.54. The fourth-order valence-electron chi connectivity index (χ4n) is 3.38. The number of piperidine rings is 1. The molecule has 2 aromatic heterocycles. The zero-order valence-corrected chi connectivity index (χ0v) is 16.2. The van der Waals surface area contributed by atoms with Crippen LogP contribution in [0.5, 0.6) is 5.75 Å². The van der Waals surface area contributed by atoms with E-state index in [2.05, 4.69) is 9.97 Å². The molecule has 1 saturated heterocycles. The fraction of sp³-hybridized carbons (Fsp3) is 0.286. The average Bonchev–Trinajstić information content (AvgIpc) is 3.27. The van der Waals surface area contributed by atoms with Gasteiger partial charge >= 0.3 is 0 Å². The maximum Gasteiger partial charge on any atom is 0.260 e. The minimum Gasteiger partial charge on any atom is -0.484 e. The molecule has 0 aliphatic carbocycles. The van der Waals surface area contributed by atoms with Crippen LogP contribution in [0, 0.1) is 0 Å². The molecule has 1 fully saturated rings. The number of ether oxygens (including phenoxy) is 1. The largest absolute Gasteiger partial charge is 0.484 e. The van der Waals surface area contributed by atoms with Crippen LogP contribution in [-0.4, -0.2) is 40.5 Å². The van der Waals surface area contributed by atoms with Crippen LogP contribution in [0.4, 0.5) is 0 Å². The van der Waals surface area contributed by atoms with Gasteiger partial charge in [-0.2, -0.15) is 11.3 Å². The van der Waals surface area contributed by atoms with Gasteiger partial charge in [0.25, 0.3) is 11.5 Å². The summed E-state index contributed by atoms with van der Waals surface area (Å²) in [6.45, 7) is 1.31. The average molecular weight is 395 g/mol. The number of rotatable bonds is 5. The molecular weight excluding hydrogens is 374 g/mol. The molecule has 0 saturated carbocycles. The van der Waals surface area contributed by atoms with Crippen molar-refractivity contribution in [1.29, 1.82) is 0 Å². The maximum atomic E-state index is 12.4. The summed E-state index contributed by atoms with van der Waals surface area (Å²) in [5.41, 5.74) is 1.53. The first-order valence-electron chi connectivity index (χ1n) is 9.28. The van der Waals surface area contributed by atoms with Crippen LogP contribution in [-0.2, 0) is 4.79 Å². The number of nitrogens with one attached hydrogen (secondary N) is 1. The number of thiophene rings is 1. The highest BCUT2D eigenvalue weighted by Gasteiger charge is 2.26. The lowest BCUT2D eigenvalue weighted by Crippen LogP contribution is -2.41. The van der Waals surface area contributed by atoms with Crippen LogP contribution in [0.25, 0.3) is 11.3 Å². The first kappa shape index (κ1) is 18.4. The van der Waals surface area contributed by atoms with Gasteiger partial charge in [-0.3, -0.25) is 9.59 Å². The van der Waals surface area contributed by atoms with E-state index in [1.165, 1.54) is 6.07 Å². The Kier molecular flexibility index (Phi) is 5.53. The predicted molar refractivity (Wildman–Crippen MR) is 109 cm³/mol. The third-order valence-electron chi connectivity index (χ3n) is 4.92. The molecule has 1 N–H and O–H groups in total. The van der Waals surface area contributed by atoms with Crippen molar-refractivity contribution >= 4 is 17.2 Å². The van der Waals surface area contributed by atoms with E-state index < -0.39 is 0 Å². The number of aromatic nitrogens is 2. The Bertz CT molecular complexity index is 978. The van der Waals surface area contributed by atoms with E-state index in [1.54, 1.807) is 11.3 Å². The first-order valence-corrected chi connectivity index (χ1v) is 10.2. The van der Waals surface area contributed by atoms with Gasteiger partial charge in [0, 0.05) is 36.0 Å². The van der Waals surface area contributed by atoms with Crippen molar-refractivity contribution in [2.24, 2.45) is 0 Å². The van der Waals surface area contributed by atoms with Crippen molar-refractivity contribution in [1.82, 2.24) is 14.9 Å². The molecule has 1 aliphatic heterocycles. The standard InChI is InChI=1S/C21H21N3O3S/c25-19-12-18(16-8-11-28-14-16)22-21(23-19)15-6-9-24(10-7-15)20(26)13-27-17-4-2-1-3-5-17/h1-5,8,11-12,14-15H,6-7,9-10,13H2,(H,22,23,25). The monoisotopic (exact) mass is 395 g/mol. The second-order valence-corrected chi connectivity index (χ2v) is 7.56. The van der Waals surface area contributed by atoms with Crippen LogP contribution in [0.2, 0.25) is 0 Å². The topological polar surface area (TPSA) is 75.3 Å². The molecule has 1 aromatic carbocycles. The Morgan fingerprint density at radius 3 is 2.71 bits per heavy atom. The molecule has 3 heterocycles. The van der Waals surface area contributed by atoms with Crippen molar-refractivity contribution in [3.05, 3.63) is 69.4 Å². The van der Waals surface area contributed by atoms with Gasteiger partial charge in [0.05, 0.1) is 5.69 Å². The highest BCUT2D eigenvalue weighted by Crippen LogP contribution is 2.27. The Balaban J connectivity index is 1.36. The van der Waals surface area contributed by atoms with Crippen LogP contribution in [0.3, 0.4) is 0 Å². The minimum absolute atomic E-state index is 0.0178. The maximum absolute atomic E-state index is 12.4. The van der Waals surface area contributed by atoms with Gasteiger partial charge in [-0.15, -0.1) is 0 Å². The van der Waals surface area contributed by atoms with Gasteiger partial charge in [0.2, 0.25) is 0 Å². The van der Waals surface area contributed by atoms with E-state index in [9.17, 15) is 9.59 Å². The molecular formula is C21H21N3O3S. The molecule has 4 rings (SSSR count). The van der Waals surface area contributed by atoms with Crippen LogP contribution in [0.15, 0.2) is 58.0 Å². The highest BCUT2D eigenvalue weighted by molar-refractivity contribution is 7.08. The van der Waals surface area contributed by atoms with Crippen molar-refractivity contribution in [3.63, 3.8) is 0 Å². The zero-order valence-electron chi connectivity index (χ0n) is 15.3. The van der Waals surface area contributed by atoms with Gasteiger partial charge < -0.3 is 14.6 Å². The van der Waals surface area contributed by atoms with E-state index in [4.69, 9.17) is 4.74 Å². The number of H-pyrrole nitrogens is 1. The molecule has 1 amide bonds. The van der Waals surface area contributed by atoms with Gasteiger partial charge in [-0.1, -0.05) is 18.2 Å². The third-order valence-corrected chi connectivity index (χ3v) is 5.60. The summed E-state index contributed by atoms with van der Waals surface area (Å²) in [7, 11) is 0. The summed E-state index contributed by atoms with van der Waals surface area (Å²) in [5.74, 6) is 1.53. The smallest absolute Gasteiger partial charge is 0.260 e. The first-order chi connectivity index (χ1) is 13.7. The normalized spacial score (nSPS) is 14.8. The second kappa shape index (κ2) is 8.39. The summed E-state index contributed by atoms with van der Waals surface area (Å²) < 4.78 is 5.56. The zero-order chi connectivity index (χ0) is 19.3. The summed E-state index contributed by atoms with van der Waals surface area (Å²) in [5, 5.41) is 3.96. The Labute approximate surface area is 166 Å². The predicted octanol–water partition coefficient (Wildman–Crippen LogP) is 3.28. The number of amides is 1. The fourth-order valence-corrected chi connectivity index (χ4v) is 4.03. The number of carbonyl (C=O) groups excluding carboxylic acids is 1. The quantitative estimate of drug-likeness (QED) is 0.719. The molecule has 1 aliphatic rings. The van der Waals surface area contributed by atoms with Crippen molar-refractivity contribution < 1.29 is 9.53 Å². The lowest BCUT2D eigenvalue weighted by molar-refractivity contribution is -0.134. The number of likely N-dealkylation sites (tertiary alicyclic amines) is 1. The summed E-state index contributed by atoms with van der Waals surface area (Å²) in [4.78, 5) is 33.8. The molecule has 3 aromatic rings. The summed E-state index contributed by atoms with van der Waals surface area (Å²) in [6, 6.07) is 12.8. The van der Waals surface area contributed by atoms with Crippen molar-refractivity contribution in [2.75, 3.05) is 19.7 Å². The second-order valence-electron chi connectivity index (χ2n) is 6.78. The van der Waals surface area contributed by atoms with Crippen molar-refractivity contribution in [2.45, 2.75) is 18.8 Å². The molecule has 144 valence electrons. The van der Waals surface area contributed by atoms with E-state index in [1.807, 2.05) is 52.1 Å². The van der Waals surface area contributed by atoms with Crippen LogP contribution in [0.1, 0.15) is 24.6 Å². The highest BCUT2D eigenvalue weighted by atomic mass is 32.1. The van der Waals surface area contributed by atoms with E-state index >= 15 is 0 Å². The Morgan fingerprint density at radius 2 is 2.00 bits per heavy atom. The van der Waals surface area contributed by atoms with Crippen LogP contribution >= 0.6 is 11.3 Å². The molecule has 7 heteroatoms. The molecule has 0 spiro atoms. The van der Waals surface area contributed by atoms with Gasteiger partial charge in [0.15, 0.2) is 6.61 Å². The lowest BCUT2D eigenvalue weighted by Gasteiger charge is -2.31. The molecule has 0 atom stereocenters. The number of carbonyl (C=O) groups is 1. The van der Waals surface area contributed by atoms with Gasteiger partial charge in [-0.25, -0.2) is 4.98 Å². The number of aromatic amines is 1. The van der Waals surface area contributed by atoms with Gasteiger partial charge in [-0.05, 0) is 36.4 Å².